The molecule has 0 saturated heterocycles. The van der Waals surface area contributed by atoms with Gasteiger partial charge in [-0.3, -0.25) is 14.2 Å². The normalized spacial score (nSPS) is 12.1. The Kier molecular flexibility index (Phi) is 8.75. The third-order valence-corrected chi connectivity index (χ3v) is 6.04. The van der Waals surface area contributed by atoms with Gasteiger partial charge in [-0.25, -0.2) is 9.37 Å². The van der Waals surface area contributed by atoms with Crippen molar-refractivity contribution in [3.8, 4) is 5.69 Å². The molecule has 2 aromatic carbocycles. The van der Waals surface area contributed by atoms with Gasteiger partial charge in [0, 0.05) is 13.0 Å². The van der Waals surface area contributed by atoms with Crippen LogP contribution in [0.2, 0.25) is 0 Å². The Morgan fingerprint density at radius 1 is 1.00 bits per heavy atom. The van der Waals surface area contributed by atoms with E-state index in [1.54, 1.807) is 24.3 Å². The van der Waals surface area contributed by atoms with E-state index in [-0.39, 0.29) is 17.3 Å². The van der Waals surface area contributed by atoms with Gasteiger partial charge in [-0.2, -0.15) is 0 Å². The highest BCUT2D eigenvalue weighted by molar-refractivity contribution is 5.79. The molecule has 176 valence electrons. The van der Waals surface area contributed by atoms with Gasteiger partial charge in [-0.15, -0.1) is 0 Å². The second-order valence-corrected chi connectivity index (χ2v) is 8.53. The van der Waals surface area contributed by atoms with Gasteiger partial charge in [0.15, 0.2) is 0 Å². The number of hydrogen-bond acceptors (Lipinski definition) is 3. The van der Waals surface area contributed by atoms with Gasteiger partial charge in [-0.1, -0.05) is 51.7 Å². The maximum absolute atomic E-state index is 13.6. The van der Waals surface area contributed by atoms with E-state index >= 15 is 0 Å². The number of fused-ring (bicyclic) bond motifs is 1. The van der Waals surface area contributed by atoms with E-state index in [0.29, 0.717) is 35.4 Å². The Hall–Kier alpha value is -3.02. The average molecular weight is 452 g/mol. The average Bonchev–Trinajstić information content (AvgIpc) is 2.82. The summed E-state index contributed by atoms with van der Waals surface area (Å²) in [6.45, 7) is 6.78. The third-order valence-electron chi connectivity index (χ3n) is 6.04. The van der Waals surface area contributed by atoms with Crippen molar-refractivity contribution in [2.24, 2.45) is 0 Å². The smallest absolute Gasteiger partial charge is 0.266 e. The Morgan fingerprint density at radius 3 is 2.39 bits per heavy atom. The lowest BCUT2D eigenvalue weighted by Crippen LogP contribution is -2.38. The number of benzene rings is 2. The minimum Gasteiger partial charge on any atom is -0.333 e. The molecule has 0 saturated carbocycles. The maximum atomic E-state index is 13.6. The molecule has 1 unspecified atom stereocenters. The van der Waals surface area contributed by atoms with Crippen LogP contribution in [0.4, 0.5) is 4.39 Å². The van der Waals surface area contributed by atoms with Gasteiger partial charge in [0.25, 0.3) is 5.56 Å². The van der Waals surface area contributed by atoms with Gasteiger partial charge in [0.2, 0.25) is 5.91 Å². The van der Waals surface area contributed by atoms with Gasteiger partial charge in [-0.05, 0) is 56.2 Å². The number of para-hydroxylation sites is 1. The highest BCUT2D eigenvalue weighted by Crippen LogP contribution is 2.24. The van der Waals surface area contributed by atoms with Crippen molar-refractivity contribution in [2.45, 2.75) is 71.8 Å². The van der Waals surface area contributed by atoms with Crippen molar-refractivity contribution in [3.63, 3.8) is 0 Å². The number of aromatic nitrogens is 2. The predicted molar refractivity (Wildman–Crippen MR) is 131 cm³/mol. The van der Waals surface area contributed by atoms with E-state index in [0.717, 1.165) is 38.5 Å². The molecule has 5 nitrogen and oxygen atoms in total. The van der Waals surface area contributed by atoms with E-state index in [4.69, 9.17) is 4.98 Å². The molecular weight excluding hydrogens is 417 g/mol. The van der Waals surface area contributed by atoms with E-state index in [1.807, 2.05) is 24.0 Å². The molecule has 1 amide bonds. The molecule has 0 aliphatic rings. The first-order valence-corrected chi connectivity index (χ1v) is 12.0. The largest absolute Gasteiger partial charge is 0.333 e. The molecule has 3 aromatic rings. The van der Waals surface area contributed by atoms with Crippen LogP contribution in [0.25, 0.3) is 16.6 Å². The monoisotopic (exact) mass is 451 g/mol. The molecule has 0 bridgehead atoms. The lowest BCUT2D eigenvalue weighted by atomic mass is 10.1. The van der Waals surface area contributed by atoms with Crippen LogP contribution in [0.3, 0.4) is 0 Å². The molecule has 0 spiro atoms. The number of rotatable bonds is 11. The molecule has 0 fully saturated rings. The zero-order valence-corrected chi connectivity index (χ0v) is 19.9. The minimum atomic E-state index is -0.405. The minimum absolute atomic E-state index is 0.0834. The first-order valence-electron chi connectivity index (χ1n) is 12.0. The molecule has 1 heterocycles. The Labute approximate surface area is 195 Å². The zero-order valence-electron chi connectivity index (χ0n) is 19.9. The van der Waals surface area contributed by atoms with Crippen molar-refractivity contribution in [1.29, 1.82) is 0 Å². The summed E-state index contributed by atoms with van der Waals surface area (Å²) in [5.41, 5.74) is 0.904. The molecule has 6 heteroatoms. The Morgan fingerprint density at radius 2 is 1.70 bits per heavy atom. The predicted octanol–water partition coefficient (Wildman–Crippen LogP) is 6.18. The highest BCUT2D eigenvalue weighted by atomic mass is 19.1. The van der Waals surface area contributed by atoms with Crippen LogP contribution >= 0.6 is 0 Å². The van der Waals surface area contributed by atoms with E-state index in [1.165, 1.54) is 16.7 Å². The molecule has 33 heavy (non-hydrogen) atoms. The number of halogens is 1. The SMILES string of the molecule is CCCCCCC(=O)N(CCCC)C(C)c1nc2ccccc2c(=O)n1-c1ccc(F)cc1. The van der Waals surface area contributed by atoms with Crippen molar-refractivity contribution in [1.82, 2.24) is 14.5 Å². The van der Waals surface area contributed by atoms with Crippen molar-refractivity contribution >= 4 is 16.8 Å². The second kappa shape index (κ2) is 11.7. The fourth-order valence-electron chi connectivity index (χ4n) is 4.12. The lowest BCUT2D eigenvalue weighted by molar-refractivity contribution is -0.133. The van der Waals surface area contributed by atoms with E-state index in [2.05, 4.69) is 13.8 Å². The molecule has 1 atom stereocenters. The number of hydrogen-bond donors (Lipinski definition) is 0. The summed E-state index contributed by atoms with van der Waals surface area (Å²) >= 11 is 0. The summed E-state index contributed by atoms with van der Waals surface area (Å²) in [6.07, 6.45) is 6.46. The van der Waals surface area contributed by atoms with Gasteiger partial charge >= 0.3 is 0 Å². The molecule has 0 aliphatic heterocycles. The van der Waals surface area contributed by atoms with Crippen LogP contribution in [0.1, 0.15) is 77.6 Å². The Balaban J connectivity index is 2.08. The van der Waals surface area contributed by atoms with Gasteiger partial charge < -0.3 is 4.90 Å². The van der Waals surface area contributed by atoms with Crippen LogP contribution < -0.4 is 5.56 Å². The molecule has 1 aromatic heterocycles. The first-order chi connectivity index (χ1) is 16.0. The Bertz CT molecular complexity index is 1120. The van der Waals surface area contributed by atoms with Crippen LogP contribution in [-0.2, 0) is 4.79 Å². The fraction of sp³-hybridized carbons (Fsp3) is 0.444. The van der Waals surface area contributed by atoms with Crippen molar-refractivity contribution in [3.05, 3.63) is 70.5 Å². The number of nitrogens with zero attached hydrogens (tertiary/aromatic N) is 3. The third kappa shape index (κ3) is 5.86. The van der Waals surface area contributed by atoms with Crippen LogP contribution in [0.5, 0.6) is 0 Å². The van der Waals surface area contributed by atoms with Crippen LogP contribution in [0.15, 0.2) is 53.3 Å². The zero-order chi connectivity index (χ0) is 23.8. The highest BCUT2D eigenvalue weighted by Gasteiger charge is 2.26. The van der Waals surface area contributed by atoms with Crippen LogP contribution in [0, 0.1) is 5.82 Å². The fourth-order valence-corrected chi connectivity index (χ4v) is 4.12. The summed E-state index contributed by atoms with van der Waals surface area (Å²) in [5, 5.41) is 0.490. The number of amides is 1. The molecule has 0 radical (unpaired) electrons. The molecule has 3 rings (SSSR count). The van der Waals surface area contributed by atoms with Gasteiger partial charge in [0.1, 0.15) is 11.6 Å². The summed E-state index contributed by atoms with van der Waals surface area (Å²) in [6, 6.07) is 12.6. The summed E-state index contributed by atoms with van der Waals surface area (Å²) < 4.78 is 15.1. The first kappa shape index (κ1) is 24.6. The summed E-state index contributed by atoms with van der Waals surface area (Å²) in [5.74, 6) is 0.199. The topological polar surface area (TPSA) is 55.2 Å². The second-order valence-electron chi connectivity index (χ2n) is 8.53. The van der Waals surface area contributed by atoms with E-state index in [9.17, 15) is 14.0 Å². The standard InChI is InChI=1S/C27H34FN3O2/c1-4-6-8-9-14-25(32)30(19-7-5-2)20(3)26-29-24-13-11-10-12-23(24)27(33)31(26)22-17-15-21(28)16-18-22/h10-13,15-18,20H,4-9,14,19H2,1-3H3. The van der Waals surface area contributed by atoms with Crippen molar-refractivity contribution in [2.75, 3.05) is 6.54 Å². The quantitative estimate of drug-likeness (QED) is 0.327. The maximum Gasteiger partial charge on any atom is 0.266 e. The molecule has 0 N–H and O–H groups in total. The van der Waals surface area contributed by atoms with Crippen LogP contribution in [-0.4, -0.2) is 26.9 Å². The van der Waals surface area contributed by atoms with E-state index < -0.39 is 6.04 Å². The lowest BCUT2D eigenvalue weighted by Gasteiger charge is -2.31. The van der Waals surface area contributed by atoms with Gasteiger partial charge in [0.05, 0.1) is 22.6 Å². The van der Waals surface area contributed by atoms with Crippen molar-refractivity contribution < 1.29 is 9.18 Å². The number of carbonyl (C=O) groups is 1. The number of unbranched alkanes of at least 4 members (excludes halogenated alkanes) is 4. The summed E-state index contributed by atoms with van der Waals surface area (Å²) in [4.78, 5) is 33.4. The molecule has 0 aliphatic carbocycles. The number of carbonyl (C=O) groups excluding carboxylic acids is 1. The molecular formula is C27H34FN3O2. The summed E-state index contributed by atoms with van der Waals surface area (Å²) in [7, 11) is 0.